The van der Waals surface area contributed by atoms with Gasteiger partial charge in [-0.3, -0.25) is 9.59 Å². The highest BCUT2D eigenvalue weighted by molar-refractivity contribution is 5.78. The molecule has 3 rings (SSSR count). The van der Waals surface area contributed by atoms with Crippen LogP contribution in [0, 0.1) is 0 Å². The fourth-order valence-corrected chi connectivity index (χ4v) is 3.79. The number of nitrogens with zero attached hydrogens (tertiary/aromatic N) is 2. The molecular weight excluding hydrogens is 332 g/mol. The summed E-state index contributed by atoms with van der Waals surface area (Å²) < 4.78 is 11.4. The molecule has 0 radical (unpaired) electrons. The van der Waals surface area contributed by atoms with E-state index in [9.17, 15) is 9.59 Å². The molecule has 1 atom stereocenters. The molecule has 2 fully saturated rings. The fourth-order valence-electron chi connectivity index (χ4n) is 3.79. The lowest BCUT2D eigenvalue weighted by atomic mass is 10.0. The first-order valence-corrected chi connectivity index (χ1v) is 9.39. The van der Waals surface area contributed by atoms with Gasteiger partial charge in [-0.1, -0.05) is 30.3 Å². The van der Waals surface area contributed by atoms with Gasteiger partial charge >= 0.3 is 0 Å². The Balaban J connectivity index is 1.53. The second kappa shape index (κ2) is 8.18. The molecule has 2 heterocycles. The van der Waals surface area contributed by atoms with Crippen molar-refractivity contribution in [2.45, 2.75) is 44.9 Å². The van der Waals surface area contributed by atoms with Crippen LogP contribution in [0.1, 0.15) is 44.7 Å². The summed E-state index contributed by atoms with van der Waals surface area (Å²) in [6, 6.07) is 9.85. The summed E-state index contributed by atoms with van der Waals surface area (Å²) in [5, 5.41) is 0. The third-order valence-corrected chi connectivity index (χ3v) is 5.41. The van der Waals surface area contributed by atoms with Crippen LogP contribution < -0.4 is 0 Å². The van der Waals surface area contributed by atoms with E-state index in [1.54, 1.807) is 11.8 Å². The molecule has 0 aromatic heterocycles. The van der Waals surface area contributed by atoms with Crippen LogP contribution >= 0.6 is 0 Å². The van der Waals surface area contributed by atoms with Crippen LogP contribution in [0.25, 0.3) is 0 Å². The maximum absolute atomic E-state index is 12.6. The molecule has 6 nitrogen and oxygen atoms in total. The van der Waals surface area contributed by atoms with Gasteiger partial charge < -0.3 is 19.3 Å². The molecule has 1 aromatic carbocycles. The van der Waals surface area contributed by atoms with E-state index < -0.39 is 5.79 Å². The smallest absolute Gasteiger partial charge is 0.224 e. The minimum absolute atomic E-state index is 0.0143. The van der Waals surface area contributed by atoms with Crippen LogP contribution in [0.3, 0.4) is 0 Å². The van der Waals surface area contributed by atoms with E-state index in [4.69, 9.17) is 9.47 Å². The Hall–Kier alpha value is -1.92. The van der Waals surface area contributed by atoms with Crippen molar-refractivity contribution >= 4 is 11.8 Å². The number of rotatable bonds is 5. The zero-order chi connectivity index (χ0) is 18.6. The average Bonchev–Trinajstić information content (AvgIpc) is 3.10. The largest absolute Gasteiger partial charge is 0.347 e. The van der Waals surface area contributed by atoms with E-state index in [2.05, 4.69) is 0 Å². The minimum atomic E-state index is -0.468. The summed E-state index contributed by atoms with van der Waals surface area (Å²) in [5.41, 5.74) is 1.07. The van der Waals surface area contributed by atoms with E-state index in [1.807, 2.05) is 42.2 Å². The lowest BCUT2D eigenvalue weighted by Gasteiger charge is -2.38. The van der Waals surface area contributed by atoms with Crippen LogP contribution in [0.4, 0.5) is 0 Å². The molecule has 1 unspecified atom stereocenters. The molecule has 26 heavy (non-hydrogen) atoms. The van der Waals surface area contributed by atoms with Crippen molar-refractivity contribution in [1.29, 1.82) is 0 Å². The number of benzene rings is 1. The molecule has 0 aliphatic carbocycles. The average molecular weight is 360 g/mol. The van der Waals surface area contributed by atoms with E-state index in [0.29, 0.717) is 39.3 Å². The lowest BCUT2D eigenvalue weighted by Crippen LogP contribution is -2.48. The number of piperidine rings is 1. The molecule has 0 saturated carbocycles. The summed E-state index contributed by atoms with van der Waals surface area (Å²) in [6.45, 7) is 6.56. The Morgan fingerprint density at radius 3 is 2.35 bits per heavy atom. The molecule has 1 aromatic rings. The molecular formula is C20H28N2O4. The molecule has 2 amide bonds. The fraction of sp³-hybridized carbons (Fsp3) is 0.600. The molecule has 142 valence electrons. The summed E-state index contributed by atoms with van der Waals surface area (Å²) in [5.74, 6) is -0.395. The number of hydrogen-bond acceptors (Lipinski definition) is 4. The monoisotopic (exact) mass is 360 g/mol. The van der Waals surface area contributed by atoms with Crippen LogP contribution in [0.5, 0.6) is 0 Å². The van der Waals surface area contributed by atoms with Crippen LogP contribution in [-0.2, 0) is 19.1 Å². The molecule has 2 aliphatic heterocycles. The van der Waals surface area contributed by atoms with Crippen LogP contribution in [0.15, 0.2) is 30.3 Å². The normalized spacial score (nSPS) is 20.2. The third kappa shape index (κ3) is 4.24. The number of amides is 2. The standard InChI is InChI=1S/C20H28N2O4/c1-16(18-6-4-3-5-7-18)22(17(2)23)11-8-19(24)21-12-9-20(10-13-21)25-14-15-26-20/h3-7,16H,8-15H2,1-2H3. The number of hydrogen-bond donors (Lipinski definition) is 0. The van der Waals surface area contributed by atoms with Gasteiger partial charge in [0.15, 0.2) is 5.79 Å². The Morgan fingerprint density at radius 2 is 1.77 bits per heavy atom. The highest BCUT2D eigenvalue weighted by Crippen LogP contribution is 2.31. The highest BCUT2D eigenvalue weighted by Gasteiger charge is 2.40. The molecule has 0 N–H and O–H groups in total. The lowest BCUT2D eigenvalue weighted by molar-refractivity contribution is -0.187. The number of likely N-dealkylation sites (tertiary alicyclic amines) is 1. The summed E-state index contributed by atoms with van der Waals surface area (Å²) in [6.07, 6.45) is 1.77. The van der Waals surface area contributed by atoms with Gasteiger partial charge in [0.1, 0.15) is 0 Å². The summed E-state index contributed by atoms with van der Waals surface area (Å²) >= 11 is 0. The van der Waals surface area contributed by atoms with Crippen molar-refractivity contribution in [3.63, 3.8) is 0 Å². The topological polar surface area (TPSA) is 59.1 Å². The van der Waals surface area contributed by atoms with Gasteiger partial charge in [-0.25, -0.2) is 0 Å². The molecule has 2 aliphatic rings. The Kier molecular flexibility index (Phi) is 5.94. The van der Waals surface area contributed by atoms with Crippen molar-refractivity contribution in [3.05, 3.63) is 35.9 Å². The van der Waals surface area contributed by atoms with Crippen molar-refractivity contribution < 1.29 is 19.1 Å². The quantitative estimate of drug-likeness (QED) is 0.809. The predicted octanol–water partition coefficient (Wildman–Crippen LogP) is 2.35. The Labute approximate surface area is 155 Å². The molecule has 1 spiro atoms. The van der Waals surface area contributed by atoms with Gasteiger partial charge in [0.05, 0.1) is 19.3 Å². The molecule has 6 heteroatoms. The second-order valence-electron chi connectivity index (χ2n) is 7.04. The third-order valence-electron chi connectivity index (χ3n) is 5.41. The van der Waals surface area contributed by atoms with Gasteiger partial charge in [-0.05, 0) is 12.5 Å². The first-order chi connectivity index (χ1) is 12.5. The van der Waals surface area contributed by atoms with Gasteiger partial charge in [0.25, 0.3) is 0 Å². The minimum Gasteiger partial charge on any atom is -0.347 e. The van der Waals surface area contributed by atoms with E-state index in [0.717, 1.165) is 18.4 Å². The number of carbonyl (C=O) groups excluding carboxylic acids is 2. The van der Waals surface area contributed by atoms with Crippen molar-refractivity contribution in [3.8, 4) is 0 Å². The first kappa shape index (κ1) is 18.9. The van der Waals surface area contributed by atoms with Crippen molar-refractivity contribution in [2.75, 3.05) is 32.8 Å². The predicted molar refractivity (Wildman–Crippen MR) is 97.3 cm³/mol. The number of carbonyl (C=O) groups is 2. The second-order valence-corrected chi connectivity index (χ2v) is 7.04. The van der Waals surface area contributed by atoms with E-state index in [1.165, 1.54) is 0 Å². The first-order valence-electron chi connectivity index (χ1n) is 9.39. The molecule has 0 bridgehead atoms. The van der Waals surface area contributed by atoms with E-state index >= 15 is 0 Å². The zero-order valence-corrected chi connectivity index (χ0v) is 15.6. The van der Waals surface area contributed by atoms with Gasteiger partial charge in [-0.2, -0.15) is 0 Å². The highest BCUT2D eigenvalue weighted by atomic mass is 16.7. The summed E-state index contributed by atoms with van der Waals surface area (Å²) in [7, 11) is 0. The van der Waals surface area contributed by atoms with Crippen molar-refractivity contribution in [1.82, 2.24) is 9.80 Å². The van der Waals surface area contributed by atoms with Gasteiger partial charge in [0, 0.05) is 45.8 Å². The van der Waals surface area contributed by atoms with Crippen LogP contribution in [0.2, 0.25) is 0 Å². The van der Waals surface area contributed by atoms with Crippen molar-refractivity contribution in [2.24, 2.45) is 0 Å². The van der Waals surface area contributed by atoms with Crippen LogP contribution in [-0.4, -0.2) is 60.2 Å². The van der Waals surface area contributed by atoms with Gasteiger partial charge in [-0.15, -0.1) is 0 Å². The maximum atomic E-state index is 12.6. The molecule has 2 saturated heterocycles. The Morgan fingerprint density at radius 1 is 1.15 bits per heavy atom. The van der Waals surface area contributed by atoms with E-state index in [-0.39, 0.29) is 17.9 Å². The zero-order valence-electron chi connectivity index (χ0n) is 15.6. The number of ether oxygens (including phenoxy) is 2. The SMILES string of the molecule is CC(=O)N(CCC(=O)N1CCC2(CC1)OCCO2)C(C)c1ccccc1. The maximum Gasteiger partial charge on any atom is 0.224 e. The Bertz CT molecular complexity index is 618. The summed E-state index contributed by atoms with van der Waals surface area (Å²) in [4.78, 5) is 28.3. The van der Waals surface area contributed by atoms with Gasteiger partial charge in [0.2, 0.25) is 11.8 Å².